The minimum absolute atomic E-state index is 0.0370. The number of aromatic nitrogens is 6. The van der Waals surface area contributed by atoms with Crippen LogP contribution in [-0.4, -0.2) is 37.5 Å². The molecule has 0 atom stereocenters. The number of nitrogens with one attached hydrogen (secondary N) is 1. The fourth-order valence-electron chi connectivity index (χ4n) is 2.76. The summed E-state index contributed by atoms with van der Waals surface area (Å²) in [4.78, 5) is 16.6. The molecule has 0 aliphatic rings. The Labute approximate surface area is 179 Å². The quantitative estimate of drug-likeness (QED) is 0.469. The van der Waals surface area contributed by atoms with Crippen molar-refractivity contribution >= 4 is 15.7 Å². The maximum Gasteiger partial charge on any atom is 0.280 e. The van der Waals surface area contributed by atoms with Crippen LogP contribution in [0.2, 0.25) is 0 Å². The van der Waals surface area contributed by atoms with Crippen LogP contribution in [0.15, 0.2) is 66.6 Å². The van der Waals surface area contributed by atoms with Crippen molar-refractivity contribution in [2.75, 3.05) is 4.72 Å². The van der Waals surface area contributed by atoms with E-state index < -0.39 is 10.0 Å². The molecule has 0 amide bonds. The van der Waals surface area contributed by atoms with Crippen molar-refractivity contribution in [1.29, 1.82) is 0 Å². The lowest BCUT2D eigenvalue weighted by Crippen LogP contribution is -2.13. The molecule has 0 aliphatic heterocycles. The highest BCUT2D eigenvalue weighted by molar-refractivity contribution is 7.92. The smallest absolute Gasteiger partial charge is 0.280 e. The van der Waals surface area contributed by atoms with Crippen molar-refractivity contribution in [1.82, 2.24) is 29.1 Å². The zero-order valence-electron chi connectivity index (χ0n) is 17.2. The number of ether oxygens (including phenoxy) is 1. The number of aryl methyl sites for hydroxylation is 1. The molecule has 0 unspecified atom stereocenters. The van der Waals surface area contributed by atoms with Gasteiger partial charge in [-0.3, -0.25) is 9.29 Å². The van der Waals surface area contributed by atoms with Gasteiger partial charge in [0.1, 0.15) is 23.7 Å². The number of anilines is 1. The molecule has 0 saturated carbocycles. The Kier molecular flexibility index (Phi) is 5.42. The molecule has 31 heavy (non-hydrogen) atoms. The highest BCUT2D eigenvalue weighted by Gasteiger charge is 2.18. The molecule has 10 nitrogen and oxygen atoms in total. The van der Waals surface area contributed by atoms with Gasteiger partial charge >= 0.3 is 0 Å². The number of nitrogens with zero attached hydrogens (tertiary/aromatic N) is 6. The molecule has 3 aromatic heterocycles. The van der Waals surface area contributed by atoms with Gasteiger partial charge in [-0.2, -0.15) is 13.4 Å². The summed E-state index contributed by atoms with van der Waals surface area (Å²) in [6.07, 6.45) is 8.07. The van der Waals surface area contributed by atoms with Crippen molar-refractivity contribution in [3.8, 4) is 17.4 Å². The maximum absolute atomic E-state index is 12.6. The van der Waals surface area contributed by atoms with Crippen molar-refractivity contribution in [2.24, 2.45) is 0 Å². The first-order valence-corrected chi connectivity index (χ1v) is 11.0. The molecule has 0 saturated heterocycles. The van der Waals surface area contributed by atoms with E-state index in [1.807, 2.05) is 13.8 Å². The summed E-state index contributed by atoms with van der Waals surface area (Å²) in [5, 5.41) is -0.0370. The van der Waals surface area contributed by atoms with Crippen molar-refractivity contribution in [2.45, 2.75) is 31.8 Å². The topological polar surface area (TPSA) is 117 Å². The Morgan fingerprint density at radius 2 is 1.87 bits per heavy atom. The van der Waals surface area contributed by atoms with Gasteiger partial charge in [0, 0.05) is 36.4 Å². The van der Waals surface area contributed by atoms with E-state index in [1.54, 1.807) is 65.1 Å². The minimum atomic E-state index is -3.79. The summed E-state index contributed by atoms with van der Waals surface area (Å²) in [5.74, 6) is 2.04. The van der Waals surface area contributed by atoms with Crippen LogP contribution in [0.5, 0.6) is 11.6 Å². The average molecular weight is 440 g/mol. The van der Waals surface area contributed by atoms with Crippen LogP contribution >= 0.6 is 0 Å². The third-order valence-electron chi connectivity index (χ3n) is 4.35. The predicted molar refractivity (Wildman–Crippen MR) is 114 cm³/mol. The molecule has 160 valence electrons. The van der Waals surface area contributed by atoms with E-state index in [0.29, 0.717) is 29.0 Å². The number of benzene rings is 1. The van der Waals surface area contributed by atoms with Crippen LogP contribution in [0.4, 0.5) is 5.69 Å². The van der Waals surface area contributed by atoms with Crippen molar-refractivity contribution < 1.29 is 13.2 Å². The largest absolute Gasteiger partial charge is 0.439 e. The molecule has 11 heteroatoms. The lowest BCUT2D eigenvalue weighted by Gasteiger charge is -2.10. The van der Waals surface area contributed by atoms with E-state index in [0.717, 1.165) is 0 Å². The zero-order valence-corrected chi connectivity index (χ0v) is 18.0. The fourth-order valence-corrected chi connectivity index (χ4v) is 3.76. The molecular weight excluding hydrogens is 418 g/mol. The number of imidazole rings is 2. The monoisotopic (exact) mass is 439 g/mol. The summed E-state index contributed by atoms with van der Waals surface area (Å²) in [5.41, 5.74) is 0.393. The molecule has 0 aliphatic carbocycles. The molecular formula is C20H21N7O3S. The standard InChI is InChI=1S/C20H21N7O3S/c1-14(2)27-11-20(22-13-27)31(28,29)25-16-4-6-17(7-5-16)30-19-10-18(23-15(3)24-19)26-9-8-21-12-26/h4-14,25H,1-3H3. The van der Waals surface area contributed by atoms with E-state index in [1.165, 1.54) is 12.5 Å². The first kappa shape index (κ1) is 20.5. The normalized spacial score (nSPS) is 11.6. The van der Waals surface area contributed by atoms with Gasteiger partial charge in [-0.05, 0) is 45.0 Å². The highest BCUT2D eigenvalue weighted by atomic mass is 32.2. The highest BCUT2D eigenvalue weighted by Crippen LogP contribution is 2.24. The molecule has 1 aromatic carbocycles. The predicted octanol–water partition coefficient (Wildman–Crippen LogP) is 3.34. The SMILES string of the molecule is Cc1nc(Oc2ccc(NS(=O)(=O)c3cn(C(C)C)cn3)cc2)cc(-n2ccnc2)n1. The summed E-state index contributed by atoms with van der Waals surface area (Å²) in [6, 6.07) is 8.33. The Morgan fingerprint density at radius 1 is 1.10 bits per heavy atom. The molecule has 0 spiro atoms. The summed E-state index contributed by atoms with van der Waals surface area (Å²) >= 11 is 0. The first-order valence-electron chi connectivity index (χ1n) is 9.48. The van der Waals surface area contributed by atoms with Crippen LogP contribution in [0.3, 0.4) is 0 Å². The average Bonchev–Trinajstić information content (AvgIpc) is 3.42. The van der Waals surface area contributed by atoms with Crippen LogP contribution in [0.1, 0.15) is 25.7 Å². The Balaban J connectivity index is 1.48. The van der Waals surface area contributed by atoms with Gasteiger partial charge in [0.15, 0.2) is 5.03 Å². The number of hydrogen-bond donors (Lipinski definition) is 1. The number of rotatable bonds is 7. The van der Waals surface area contributed by atoms with E-state index in [9.17, 15) is 8.42 Å². The third kappa shape index (κ3) is 4.72. The summed E-state index contributed by atoms with van der Waals surface area (Å²) < 4.78 is 36.9. The van der Waals surface area contributed by atoms with Gasteiger partial charge in [0.2, 0.25) is 5.88 Å². The lowest BCUT2D eigenvalue weighted by atomic mass is 10.3. The van der Waals surface area contributed by atoms with E-state index in [2.05, 4.69) is 24.7 Å². The number of hydrogen-bond acceptors (Lipinski definition) is 7. The zero-order chi connectivity index (χ0) is 22.0. The van der Waals surface area contributed by atoms with Crippen molar-refractivity contribution in [3.63, 3.8) is 0 Å². The second-order valence-corrected chi connectivity index (χ2v) is 8.70. The Bertz CT molecular complexity index is 1280. The van der Waals surface area contributed by atoms with Crippen LogP contribution < -0.4 is 9.46 Å². The summed E-state index contributed by atoms with van der Waals surface area (Å²) in [6.45, 7) is 5.66. The van der Waals surface area contributed by atoms with Gasteiger partial charge in [-0.1, -0.05) is 0 Å². The fraction of sp³-hybridized carbons (Fsp3) is 0.200. The van der Waals surface area contributed by atoms with Gasteiger partial charge in [-0.25, -0.2) is 15.0 Å². The molecule has 0 bridgehead atoms. The van der Waals surface area contributed by atoms with Crippen LogP contribution in [-0.2, 0) is 10.0 Å². The maximum atomic E-state index is 12.6. The molecule has 0 fully saturated rings. The Hall–Kier alpha value is -3.73. The number of sulfonamides is 1. The lowest BCUT2D eigenvalue weighted by molar-refractivity contribution is 0.459. The van der Waals surface area contributed by atoms with Crippen LogP contribution in [0.25, 0.3) is 5.82 Å². The van der Waals surface area contributed by atoms with Crippen LogP contribution in [0, 0.1) is 6.92 Å². The second kappa shape index (κ2) is 8.19. The molecule has 1 N–H and O–H groups in total. The summed E-state index contributed by atoms with van der Waals surface area (Å²) in [7, 11) is -3.79. The van der Waals surface area contributed by atoms with E-state index >= 15 is 0 Å². The van der Waals surface area contributed by atoms with Gasteiger partial charge in [-0.15, -0.1) is 0 Å². The molecule has 4 rings (SSSR count). The van der Waals surface area contributed by atoms with Gasteiger partial charge in [0.05, 0.1) is 6.33 Å². The molecule has 3 heterocycles. The van der Waals surface area contributed by atoms with E-state index in [4.69, 9.17) is 4.74 Å². The van der Waals surface area contributed by atoms with Gasteiger partial charge in [0.25, 0.3) is 10.0 Å². The second-order valence-electron chi connectivity index (χ2n) is 7.07. The van der Waals surface area contributed by atoms with E-state index in [-0.39, 0.29) is 11.1 Å². The van der Waals surface area contributed by atoms with Gasteiger partial charge < -0.3 is 9.30 Å². The third-order valence-corrected chi connectivity index (χ3v) is 5.61. The molecule has 4 aromatic rings. The molecule has 0 radical (unpaired) electrons. The minimum Gasteiger partial charge on any atom is -0.439 e. The Morgan fingerprint density at radius 3 is 2.52 bits per heavy atom. The van der Waals surface area contributed by atoms with Crippen molar-refractivity contribution in [3.05, 3.63) is 67.4 Å². The first-order chi connectivity index (χ1) is 14.8.